The van der Waals surface area contributed by atoms with Gasteiger partial charge in [-0.15, -0.1) is 22.9 Å². The minimum atomic E-state index is 0.00463. The number of likely N-dealkylation sites (tertiary alicyclic amines) is 1. The van der Waals surface area contributed by atoms with Gasteiger partial charge in [0.25, 0.3) is 5.91 Å². The largest absolute Gasteiger partial charge is 0.397 e. The average Bonchev–Trinajstić information content (AvgIpc) is 3.42. The summed E-state index contributed by atoms with van der Waals surface area (Å²) in [6.45, 7) is 7.14. The summed E-state index contributed by atoms with van der Waals surface area (Å²) in [5, 5.41) is 9.27. The molecule has 0 bridgehead atoms. The standard InChI is InChI=1S/C22H22N6OS/c1-4-14-5-6-17(24-7-14)27-8-15-10-28(11-16(15)9-27)22(29)20-19(23)18-12(2)13(3)25-26-21(18)30-20/h1,5-7,15-16H,8-11,23H2,2-3H3. The molecule has 0 aromatic carbocycles. The second kappa shape index (κ2) is 6.96. The second-order valence-electron chi connectivity index (χ2n) is 8.12. The zero-order valence-electron chi connectivity index (χ0n) is 16.9. The van der Waals surface area contributed by atoms with Crippen LogP contribution in [0.2, 0.25) is 0 Å². The lowest BCUT2D eigenvalue weighted by atomic mass is 10.0. The fourth-order valence-corrected chi connectivity index (χ4v) is 5.62. The van der Waals surface area contributed by atoms with Crippen LogP contribution in [0.1, 0.15) is 26.5 Å². The molecule has 1 amide bonds. The van der Waals surface area contributed by atoms with Crippen LogP contribution in [-0.4, -0.2) is 52.2 Å². The van der Waals surface area contributed by atoms with Gasteiger partial charge in [-0.25, -0.2) is 4.98 Å². The summed E-state index contributed by atoms with van der Waals surface area (Å²) >= 11 is 1.34. The smallest absolute Gasteiger partial charge is 0.266 e. The number of aryl methyl sites for hydroxylation is 2. The van der Waals surface area contributed by atoms with E-state index < -0.39 is 0 Å². The molecule has 0 radical (unpaired) electrons. The number of nitrogens with two attached hydrogens (primary N) is 1. The molecule has 2 unspecified atom stereocenters. The van der Waals surface area contributed by atoms with Crippen molar-refractivity contribution in [3.8, 4) is 12.3 Å². The van der Waals surface area contributed by atoms with Gasteiger partial charge in [0.05, 0.1) is 11.4 Å². The van der Waals surface area contributed by atoms with Gasteiger partial charge in [-0.05, 0) is 31.5 Å². The number of anilines is 2. The maximum absolute atomic E-state index is 13.3. The number of fused-ring (bicyclic) bond motifs is 2. The van der Waals surface area contributed by atoms with Crippen molar-refractivity contribution in [2.24, 2.45) is 11.8 Å². The molecule has 3 aromatic heterocycles. The number of rotatable bonds is 2. The Labute approximate surface area is 178 Å². The number of aromatic nitrogens is 3. The van der Waals surface area contributed by atoms with Crippen LogP contribution >= 0.6 is 11.3 Å². The molecule has 2 N–H and O–H groups in total. The van der Waals surface area contributed by atoms with Gasteiger partial charge in [-0.1, -0.05) is 5.92 Å². The van der Waals surface area contributed by atoms with E-state index in [9.17, 15) is 4.79 Å². The number of terminal acetylenes is 1. The third-order valence-electron chi connectivity index (χ3n) is 6.34. The van der Waals surface area contributed by atoms with Crippen molar-refractivity contribution in [2.45, 2.75) is 13.8 Å². The molecule has 7 nitrogen and oxygen atoms in total. The van der Waals surface area contributed by atoms with E-state index in [1.165, 1.54) is 11.3 Å². The number of pyridine rings is 1. The molecular weight excluding hydrogens is 396 g/mol. The van der Waals surface area contributed by atoms with Gasteiger partial charge in [0.2, 0.25) is 0 Å². The van der Waals surface area contributed by atoms with E-state index in [-0.39, 0.29) is 5.91 Å². The number of nitrogens with zero attached hydrogens (tertiary/aromatic N) is 5. The van der Waals surface area contributed by atoms with Crippen LogP contribution in [0.3, 0.4) is 0 Å². The lowest BCUT2D eigenvalue weighted by Gasteiger charge is -2.22. The first-order valence-electron chi connectivity index (χ1n) is 9.95. The molecule has 2 fully saturated rings. The van der Waals surface area contributed by atoms with Crippen molar-refractivity contribution in [1.29, 1.82) is 0 Å². The van der Waals surface area contributed by atoms with E-state index in [1.807, 2.05) is 30.9 Å². The lowest BCUT2D eigenvalue weighted by molar-refractivity contribution is 0.0788. The Morgan fingerprint density at radius 3 is 2.57 bits per heavy atom. The zero-order valence-corrected chi connectivity index (χ0v) is 17.7. The summed E-state index contributed by atoms with van der Waals surface area (Å²) in [5.41, 5.74) is 9.53. The quantitative estimate of drug-likeness (QED) is 0.643. The molecule has 2 atom stereocenters. The van der Waals surface area contributed by atoms with Crippen LogP contribution in [0.25, 0.3) is 10.2 Å². The molecule has 0 aliphatic carbocycles. The van der Waals surface area contributed by atoms with Crippen LogP contribution in [0.4, 0.5) is 11.5 Å². The maximum atomic E-state index is 13.3. The second-order valence-corrected chi connectivity index (χ2v) is 9.12. The first-order valence-corrected chi connectivity index (χ1v) is 10.8. The highest BCUT2D eigenvalue weighted by atomic mass is 32.1. The van der Waals surface area contributed by atoms with E-state index in [0.717, 1.165) is 59.0 Å². The highest BCUT2D eigenvalue weighted by molar-refractivity contribution is 7.21. The molecule has 30 heavy (non-hydrogen) atoms. The molecule has 5 heterocycles. The third-order valence-corrected chi connectivity index (χ3v) is 7.42. The number of carbonyl (C=O) groups is 1. The van der Waals surface area contributed by atoms with Crippen molar-refractivity contribution in [3.05, 3.63) is 40.0 Å². The molecule has 2 aliphatic heterocycles. The van der Waals surface area contributed by atoms with Crippen molar-refractivity contribution >= 4 is 39.0 Å². The highest BCUT2D eigenvalue weighted by Crippen LogP contribution is 2.38. The fraction of sp³-hybridized carbons (Fsp3) is 0.364. The van der Waals surface area contributed by atoms with E-state index in [0.29, 0.717) is 22.4 Å². The summed E-state index contributed by atoms with van der Waals surface area (Å²) < 4.78 is 0. The number of carbonyl (C=O) groups excluding carboxylic acids is 1. The van der Waals surface area contributed by atoms with Crippen LogP contribution < -0.4 is 10.6 Å². The van der Waals surface area contributed by atoms with Crippen LogP contribution in [0.15, 0.2) is 18.3 Å². The van der Waals surface area contributed by atoms with E-state index >= 15 is 0 Å². The molecule has 0 spiro atoms. The van der Waals surface area contributed by atoms with Crippen LogP contribution in [0.5, 0.6) is 0 Å². The van der Waals surface area contributed by atoms with E-state index in [2.05, 4.69) is 26.0 Å². The Hall–Kier alpha value is -3.18. The van der Waals surface area contributed by atoms with Gasteiger partial charge >= 0.3 is 0 Å². The minimum Gasteiger partial charge on any atom is -0.397 e. The van der Waals surface area contributed by atoms with E-state index in [4.69, 9.17) is 12.2 Å². The third kappa shape index (κ3) is 2.89. The van der Waals surface area contributed by atoms with Gasteiger partial charge in [-0.3, -0.25) is 4.79 Å². The Morgan fingerprint density at radius 1 is 1.20 bits per heavy atom. The molecule has 2 saturated heterocycles. The molecule has 0 saturated carbocycles. The number of hydrogen-bond donors (Lipinski definition) is 1. The van der Waals surface area contributed by atoms with Gasteiger partial charge in [0.1, 0.15) is 15.5 Å². The van der Waals surface area contributed by atoms with Crippen molar-refractivity contribution in [1.82, 2.24) is 20.1 Å². The molecular formula is C22H22N6OS. The number of nitrogen functional groups attached to an aromatic ring is 1. The molecule has 3 aromatic rings. The van der Waals surface area contributed by atoms with Gasteiger partial charge < -0.3 is 15.5 Å². The number of hydrogen-bond acceptors (Lipinski definition) is 7. The Morgan fingerprint density at radius 2 is 1.93 bits per heavy atom. The van der Waals surface area contributed by atoms with Crippen LogP contribution in [-0.2, 0) is 0 Å². The summed E-state index contributed by atoms with van der Waals surface area (Å²) in [7, 11) is 0. The normalized spacial score (nSPS) is 20.6. The first-order chi connectivity index (χ1) is 14.5. The maximum Gasteiger partial charge on any atom is 0.266 e. The Balaban J connectivity index is 1.32. The van der Waals surface area contributed by atoms with Gasteiger partial charge in [0, 0.05) is 55.2 Å². The van der Waals surface area contributed by atoms with Gasteiger partial charge in [0.15, 0.2) is 0 Å². The molecule has 8 heteroatoms. The predicted octanol–water partition coefficient (Wildman–Crippen LogP) is 2.48. The number of thiophene rings is 1. The summed E-state index contributed by atoms with van der Waals surface area (Å²) in [6.07, 6.45) is 7.15. The van der Waals surface area contributed by atoms with Crippen LogP contribution in [0, 0.1) is 38.0 Å². The average molecular weight is 419 g/mol. The summed E-state index contributed by atoms with van der Waals surface area (Å²) in [5.74, 6) is 4.41. The lowest BCUT2D eigenvalue weighted by Crippen LogP contribution is -2.33. The Kier molecular flexibility index (Phi) is 4.36. The van der Waals surface area contributed by atoms with E-state index in [1.54, 1.807) is 6.20 Å². The molecule has 5 rings (SSSR count). The fourth-order valence-electron chi connectivity index (χ4n) is 4.55. The highest BCUT2D eigenvalue weighted by Gasteiger charge is 2.42. The Bertz CT molecular complexity index is 1180. The minimum absolute atomic E-state index is 0.00463. The summed E-state index contributed by atoms with van der Waals surface area (Å²) in [4.78, 5) is 23.3. The number of amides is 1. The summed E-state index contributed by atoms with van der Waals surface area (Å²) in [6, 6.07) is 3.89. The monoisotopic (exact) mass is 418 g/mol. The van der Waals surface area contributed by atoms with Gasteiger partial charge in [-0.2, -0.15) is 5.10 Å². The zero-order chi connectivity index (χ0) is 21.0. The first kappa shape index (κ1) is 18.8. The van der Waals surface area contributed by atoms with Crippen molar-refractivity contribution in [3.63, 3.8) is 0 Å². The topological polar surface area (TPSA) is 88.2 Å². The molecule has 152 valence electrons. The van der Waals surface area contributed by atoms with Crippen molar-refractivity contribution in [2.75, 3.05) is 36.8 Å². The SMILES string of the molecule is C#Cc1ccc(N2CC3CN(C(=O)c4sc5nnc(C)c(C)c5c4N)CC3C2)nc1. The molecule has 2 aliphatic rings. The van der Waals surface area contributed by atoms with Crippen molar-refractivity contribution < 1.29 is 4.79 Å². The predicted molar refractivity (Wildman–Crippen MR) is 119 cm³/mol.